The summed E-state index contributed by atoms with van der Waals surface area (Å²) in [6.07, 6.45) is 0. The van der Waals surface area contributed by atoms with Crippen LogP contribution < -0.4 is 10.9 Å². The molecule has 0 aliphatic rings. The number of anilines is 2. The highest BCUT2D eigenvalue weighted by atomic mass is 19.1. The zero-order valence-corrected chi connectivity index (χ0v) is 8.99. The van der Waals surface area contributed by atoms with E-state index >= 15 is 0 Å². The van der Waals surface area contributed by atoms with Gasteiger partial charge in [0.1, 0.15) is 5.82 Å². The van der Waals surface area contributed by atoms with Gasteiger partial charge in [0.05, 0.1) is 6.07 Å². The van der Waals surface area contributed by atoms with Crippen molar-refractivity contribution in [3.63, 3.8) is 0 Å². The van der Waals surface area contributed by atoms with Crippen molar-refractivity contribution in [1.29, 1.82) is 0 Å². The van der Waals surface area contributed by atoms with Gasteiger partial charge in [-0.1, -0.05) is 6.07 Å². The average Bonchev–Trinajstić information content (AvgIpc) is 2.23. The number of hydrogen-bond donors (Lipinski definition) is 3. The monoisotopic (exact) mass is 235 g/mol. The molecule has 0 unspecified atom stereocenters. The minimum Gasteiger partial charge on any atom is -0.493 e. The summed E-state index contributed by atoms with van der Waals surface area (Å²) in [6.45, 7) is 1.60. The molecule has 1 aromatic carbocycles. The van der Waals surface area contributed by atoms with E-state index in [0.29, 0.717) is 11.3 Å². The molecular weight excluding hydrogens is 225 g/mol. The predicted molar refractivity (Wildman–Crippen MR) is 60.9 cm³/mol. The van der Waals surface area contributed by atoms with Crippen molar-refractivity contribution in [1.82, 2.24) is 9.97 Å². The molecule has 2 aromatic rings. The summed E-state index contributed by atoms with van der Waals surface area (Å²) in [5, 5.41) is 11.9. The molecule has 0 saturated carbocycles. The van der Waals surface area contributed by atoms with Crippen LogP contribution in [-0.4, -0.2) is 15.1 Å². The second-order valence-electron chi connectivity index (χ2n) is 3.49. The topological polar surface area (TPSA) is 78.0 Å². The largest absolute Gasteiger partial charge is 0.493 e. The van der Waals surface area contributed by atoms with Crippen LogP contribution in [-0.2, 0) is 0 Å². The fourth-order valence-electron chi connectivity index (χ4n) is 1.37. The van der Waals surface area contributed by atoms with Crippen LogP contribution in [0.2, 0.25) is 0 Å². The number of nitrogens with zero attached hydrogens (tertiary/aromatic N) is 1. The third-order valence-corrected chi connectivity index (χ3v) is 2.25. The Morgan fingerprint density at radius 2 is 2.24 bits per heavy atom. The van der Waals surface area contributed by atoms with Crippen LogP contribution in [0.3, 0.4) is 0 Å². The van der Waals surface area contributed by atoms with Crippen LogP contribution in [0.5, 0.6) is 5.88 Å². The van der Waals surface area contributed by atoms with Gasteiger partial charge in [-0.05, 0) is 19.1 Å². The first-order valence-corrected chi connectivity index (χ1v) is 4.89. The van der Waals surface area contributed by atoms with Gasteiger partial charge in [0, 0.05) is 11.3 Å². The third kappa shape index (κ3) is 2.41. The van der Waals surface area contributed by atoms with E-state index < -0.39 is 11.4 Å². The fourth-order valence-corrected chi connectivity index (χ4v) is 1.37. The first-order chi connectivity index (χ1) is 8.06. The Morgan fingerprint density at radius 1 is 1.47 bits per heavy atom. The van der Waals surface area contributed by atoms with Crippen molar-refractivity contribution in [3.8, 4) is 5.88 Å². The number of rotatable bonds is 2. The lowest BCUT2D eigenvalue weighted by atomic mass is 10.2. The van der Waals surface area contributed by atoms with Gasteiger partial charge < -0.3 is 10.4 Å². The molecule has 17 heavy (non-hydrogen) atoms. The molecule has 1 aromatic heterocycles. The number of nitrogens with one attached hydrogen (secondary N) is 2. The van der Waals surface area contributed by atoms with Gasteiger partial charge in [-0.25, -0.2) is 4.39 Å². The van der Waals surface area contributed by atoms with Crippen molar-refractivity contribution in [2.24, 2.45) is 0 Å². The Labute approximate surface area is 96.0 Å². The van der Waals surface area contributed by atoms with E-state index in [1.165, 1.54) is 12.1 Å². The molecule has 2 rings (SSSR count). The van der Waals surface area contributed by atoms with Gasteiger partial charge in [0.25, 0.3) is 5.56 Å². The molecular formula is C11H10FN3O2. The number of benzene rings is 1. The number of halogens is 1. The lowest BCUT2D eigenvalue weighted by Gasteiger charge is -2.08. The van der Waals surface area contributed by atoms with Crippen LogP contribution >= 0.6 is 0 Å². The van der Waals surface area contributed by atoms with Gasteiger partial charge in [-0.3, -0.25) is 9.78 Å². The number of aromatic amines is 1. The first kappa shape index (κ1) is 11.1. The molecule has 0 saturated heterocycles. The molecule has 0 aliphatic carbocycles. The van der Waals surface area contributed by atoms with Gasteiger partial charge in [0.15, 0.2) is 0 Å². The molecule has 0 amide bonds. The maximum atomic E-state index is 13.3. The van der Waals surface area contributed by atoms with Crippen molar-refractivity contribution in [2.45, 2.75) is 6.92 Å². The van der Waals surface area contributed by atoms with Crippen molar-refractivity contribution in [3.05, 3.63) is 46.0 Å². The van der Waals surface area contributed by atoms with Gasteiger partial charge in [-0.2, -0.15) is 4.98 Å². The van der Waals surface area contributed by atoms with E-state index in [9.17, 15) is 9.18 Å². The predicted octanol–water partition coefficient (Wildman–Crippen LogP) is 1.67. The molecule has 0 bridgehead atoms. The van der Waals surface area contributed by atoms with E-state index in [-0.39, 0.29) is 11.8 Å². The minimum absolute atomic E-state index is 0.0590. The molecule has 6 heteroatoms. The Kier molecular flexibility index (Phi) is 2.78. The lowest BCUT2D eigenvalue weighted by Crippen LogP contribution is -2.09. The normalized spacial score (nSPS) is 10.2. The highest BCUT2D eigenvalue weighted by Crippen LogP contribution is 2.20. The summed E-state index contributed by atoms with van der Waals surface area (Å²) in [5.74, 6) is -0.702. The van der Waals surface area contributed by atoms with E-state index in [1.54, 1.807) is 13.0 Å². The summed E-state index contributed by atoms with van der Waals surface area (Å²) in [7, 11) is 0. The highest BCUT2D eigenvalue weighted by molar-refractivity contribution is 5.58. The number of H-pyrrole nitrogens is 1. The van der Waals surface area contributed by atoms with Gasteiger partial charge >= 0.3 is 0 Å². The Bertz CT molecular complexity index is 610. The molecule has 3 N–H and O–H groups in total. The standard InChI is InChI=1S/C11H10FN3O2/c1-6-7(12)3-2-4-8(6)13-11-14-9(16)5-10(17)15-11/h2-5H,1H3,(H3,13,14,15,16,17). The summed E-state index contributed by atoms with van der Waals surface area (Å²) >= 11 is 0. The molecule has 1 heterocycles. The van der Waals surface area contributed by atoms with Gasteiger partial charge in [0.2, 0.25) is 11.8 Å². The van der Waals surface area contributed by atoms with E-state index in [1.807, 2.05) is 0 Å². The molecule has 0 fully saturated rings. The summed E-state index contributed by atoms with van der Waals surface area (Å²) < 4.78 is 13.3. The minimum atomic E-state index is -0.492. The Balaban J connectivity index is 2.38. The van der Waals surface area contributed by atoms with Crippen LogP contribution in [0.4, 0.5) is 16.0 Å². The first-order valence-electron chi connectivity index (χ1n) is 4.89. The van der Waals surface area contributed by atoms with Crippen molar-refractivity contribution < 1.29 is 9.50 Å². The van der Waals surface area contributed by atoms with Crippen LogP contribution in [0.25, 0.3) is 0 Å². The van der Waals surface area contributed by atoms with E-state index in [4.69, 9.17) is 5.11 Å². The fraction of sp³-hybridized carbons (Fsp3) is 0.0909. The Hall–Kier alpha value is -2.37. The molecule has 5 nitrogen and oxygen atoms in total. The smallest absolute Gasteiger partial charge is 0.256 e. The summed E-state index contributed by atoms with van der Waals surface area (Å²) in [6, 6.07) is 5.46. The molecule has 0 atom stereocenters. The number of aromatic nitrogens is 2. The van der Waals surface area contributed by atoms with Gasteiger partial charge in [-0.15, -0.1) is 0 Å². The van der Waals surface area contributed by atoms with Crippen molar-refractivity contribution >= 4 is 11.6 Å². The number of aromatic hydroxyl groups is 1. The average molecular weight is 235 g/mol. The maximum absolute atomic E-state index is 13.3. The van der Waals surface area contributed by atoms with Crippen LogP contribution in [0.1, 0.15) is 5.56 Å². The van der Waals surface area contributed by atoms with Crippen LogP contribution in [0.15, 0.2) is 29.1 Å². The zero-order valence-electron chi connectivity index (χ0n) is 8.99. The van der Waals surface area contributed by atoms with E-state index in [2.05, 4.69) is 15.3 Å². The second-order valence-corrected chi connectivity index (χ2v) is 3.49. The summed E-state index contributed by atoms with van der Waals surface area (Å²) in [4.78, 5) is 17.1. The molecule has 0 spiro atoms. The Morgan fingerprint density at radius 3 is 2.94 bits per heavy atom. The third-order valence-electron chi connectivity index (χ3n) is 2.25. The maximum Gasteiger partial charge on any atom is 0.256 e. The molecule has 0 aliphatic heterocycles. The quantitative estimate of drug-likeness (QED) is 0.739. The highest BCUT2D eigenvalue weighted by Gasteiger charge is 2.05. The molecule has 88 valence electrons. The van der Waals surface area contributed by atoms with Crippen molar-refractivity contribution in [2.75, 3.05) is 5.32 Å². The zero-order chi connectivity index (χ0) is 12.4. The number of hydrogen-bond acceptors (Lipinski definition) is 4. The second kappa shape index (κ2) is 4.25. The SMILES string of the molecule is Cc1c(F)cccc1Nc1nc(O)cc(=O)[nH]1. The lowest BCUT2D eigenvalue weighted by molar-refractivity contribution is 0.452. The van der Waals surface area contributed by atoms with E-state index in [0.717, 1.165) is 6.07 Å². The van der Waals surface area contributed by atoms with Crippen LogP contribution in [0, 0.1) is 12.7 Å². The summed E-state index contributed by atoms with van der Waals surface area (Å²) in [5.41, 5.74) is 0.381. The molecule has 0 radical (unpaired) electrons.